The average Bonchev–Trinajstić information content (AvgIpc) is 2.85. The number of hydrogen-bond donors (Lipinski definition) is 2. The van der Waals surface area contributed by atoms with Crippen LogP contribution < -0.4 is 5.32 Å². The van der Waals surface area contributed by atoms with E-state index in [9.17, 15) is 8.42 Å². The molecule has 0 aliphatic carbocycles. The Kier molecular flexibility index (Phi) is 4.27. The van der Waals surface area contributed by atoms with Gasteiger partial charge in [-0.3, -0.25) is 0 Å². The first kappa shape index (κ1) is 14.5. The number of hydrogen-bond acceptors (Lipinski definition) is 4. The maximum Gasteiger partial charge on any atom is 0.260 e. The zero-order valence-corrected chi connectivity index (χ0v) is 12.5. The van der Waals surface area contributed by atoms with Crippen LogP contribution in [0.5, 0.6) is 0 Å². The molecule has 2 heterocycles. The Balaban J connectivity index is 2.17. The third-order valence-electron chi connectivity index (χ3n) is 3.88. The van der Waals surface area contributed by atoms with Gasteiger partial charge in [-0.05, 0) is 39.7 Å². The van der Waals surface area contributed by atoms with Crippen LogP contribution in [0.15, 0.2) is 11.2 Å². The van der Waals surface area contributed by atoms with Crippen molar-refractivity contribution < 1.29 is 8.42 Å². The molecule has 7 heteroatoms. The molecule has 1 aliphatic heterocycles. The highest BCUT2D eigenvalue weighted by Gasteiger charge is 2.32. The van der Waals surface area contributed by atoms with Gasteiger partial charge in [0.1, 0.15) is 5.82 Å². The van der Waals surface area contributed by atoms with E-state index in [-0.39, 0.29) is 5.03 Å². The highest BCUT2D eigenvalue weighted by Crippen LogP contribution is 2.24. The molecule has 1 aromatic rings. The molecule has 0 radical (unpaired) electrons. The molecule has 1 aliphatic rings. The first-order valence-electron chi connectivity index (χ1n) is 6.64. The summed E-state index contributed by atoms with van der Waals surface area (Å²) in [5, 5.41) is 3.41. The summed E-state index contributed by atoms with van der Waals surface area (Å²) in [6.45, 7) is 5.01. The van der Waals surface area contributed by atoms with Crippen molar-refractivity contribution in [2.45, 2.75) is 37.8 Å². The van der Waals surface area contributed by atoms with E-state index in [0.717, 1.165) is 12.8 Å². The van der Waals surface area contributed by atoms with Crippen LogP contribution in [0.3, 0.4) is 0 Å². The zero-order chi connectivity index (χ0) is 14.0. The first-order chi connectivity index (χ1) is 8.95. The summed E-state index contributed by atoms with van der Waals surface area (Å²) in [6.07, 6.45) is 3.37. The summed E-state index contributed by atoms with van der Waals surface area (Å²) in [7, 11) is -1.52. The quantitative estimate of drug-likeness (QED) is 0.855. The smallest absolute Gasteiger partial charge is 0.260 e. The van der Waals surface area contributed by atoms with Gasteiger partial charge in [-0.25, -0.2) is 13.4 Å². The fourth-order valence-electron chi connectivity index (χ4n) is 2.50. The van der Waals surface area contributed by atoms with Crippen molar-refractivity contribution in [2.24, 2.45) is 5.92 Å². The standard InChI is InChI=1S/C12H22N4O2S/c1-9(13-3)11-5-4-6-16(8-11)19(17,18)12-7-14-10(2)15-12/h7,9,11,13H,4-6,8H2,1-3H3,(H,14,15). The topological polar surface area (TPSA) is 78.1 Å². The van der Waals surface area contributed by atoms with Gasteiger partial charge in [0, 0.05) is 19.1 Å². The normalized spacial score (nSPS) is 23.4. The predicted octanol–water partition coefficient (Wildman–Crippen LogP) is 0.727. The maximum atomic E-state index is 12.5. The molecule has 0 spiro atoms. The summed E-state index contributed by atoms with van der Waals surface area (Å²) in [5.41, 5.74) is 0. The molecule has 2 rings (SSSR count). The summed E-state index contributed by atoms with van der Waals surface area (Å²) >= 11 is 0. The number of H-pyrrole nitrogens is 1. The van der Waals surface area contributed by atoms with E-state index < -0.39 is 10.0 Å². The molecule has 0 amide bonds. The van der Waals surface area contributed by atoms with Gasteiger partial charge in [-0.15, -0.1) is 0 Å². The van der Waals surface area contributed by atoms with Crippen LogP contribution in [0.2, 0.25) is 0 Å². The number of nitrogens with one attached hydrogen (secondary N) is 2. The van der Waals surface area contributed by atoms with E-state index in [1.165, 1.54) is 6.20 Å². The molecule has 2 N–H and O–H groups in total. The Morgan fingerprint density at radius 3 is 2.89 bits per heavy atom. The number of imidazole rings is 1. The van der Waals surface area contributed by atoms with Gasteiger partial charge in [0.05, 0.1) is 6.20 Å². The van der Waals surface area contributed by atoms with Gasteiger partial charge in [0.2, 0.25) is 0 Å². The molecule has 19 heavy (non-hydrogen) atoms. The summed E-state index contributed by atoms with van der Waals surface area (Å²) in [4.78, 5) is 6.79. The number of piperidine rings is 1. The van der Waals surface area contributed by atoms with Crippen molar-refractivity contribution in [3.63, 3.8) is 0 Å². The molecule has 1 aromatic heterocycles. The van der Waals surface area contributed by atoms with Crippen LogP contribution >= 0.6 is 0 Å². The first-order valence-corrected chi connectivity index (χ1v) is 8.08. The minimum Gasteiger partial charge on any atom is -0.332 e. The highest BCUT2D eigenvalue weighted by atomic mass is 32.2. The van der Waals surface area contributed by atoms with Crippen LogP contribution in [0.25, 0.3) is 0 Å². The second-order valence-corrected chi connectivity index (χ2v) is 7.08. The van der Waals surface area contributed by atoms with Crippen LogP contribution in [-0.2, 0) is 10.0 Å². The number of aromatic amines is 1. The van der Waals surface area contributed by atoms with Crippen LogP contribution in [0.4, 0.5) is 0 Å². The van der Waals surface area contributed by atoms with Gasteiger partial charge < -0.3 is 10.3 Å². The van der Waals surface area contributed by atoms with Crippen LogP contribution in [0, 0.1) is 12.8 Å². The molecule has 2 unspecified atom stereocenters. The van der Waals surface area contributed by atoms with Gasteiger partial charge in [0.15, 0.2) is 5.03 Å². The third-order valence-corrected chi connectivity index (χ3v) is 5.66. The highest BCUT2D eigenvalue weighted by molar-refractivity contribution is 7.89. The van der Waals surface area contributed by atoms with Gasteiger partial charge >= 0.3 is 0 Å². The van der Waals surface area contributed by atoms with Crippen LogP contribution in [-0.4, -0.2) is 48.9 Å². The second-order valence-electron chi connectivity index (χ2n) is 5.18. The summed E-state index contributed by atoms with van der Waals surface area (Å²) in [6, 6.07) is 0.321. The second kappa shape index (κ2) is 5.60. The van der Waals surface area contributed by atoms with E-state index in [0.29, 0.717) is 30.9 Å². The van der Waals surface area contributed by atoms with Gasteiger partial charge in [-0.1, -0.05) is 0 Å². The summed E-state index contributed by atoms with van der Waals surface area (Å²) < 4.78 is 26.6. The Labute approximate surface area is 114 Å². The fourth-order valence-corrected chi connectivity index (χ4v) is 4.00. The third kappa shape index (κ3) is 2.98. The Hall–Kier alpha value is -0.920. The monoisotopic (exact) mass is 286 g/mol. The minimum atomic E-state index is -3.43. The lowest BCUT2D eigenvalue weighted by Crippen LogP contribution is -2.45. The van der Waals surface area contributed by atoms with E-state index in [2.05, 4.69) is 22.2 Å². The molecule has 6 nitrogen and oxygen atoms in total. The molecule has 1 saturated heterocycles. The molecular formula is C12H22N4O2S. The number of sulfonamides is 1. The fraction of sp³-hybridized carbons (Fsp3) is 0.750. The van der Waals surface area contributed by atoms with E-state index >= 15 is 0 Å². The Bertz CT molecular complexity index is 526. The van der Waals surface area contributed by atoms with E-state index in [1.807, 2.05) is 7.05 Å². The average molecular weight is 286 g/mol. The number of aromatic nitrogens is 2. The molecule has 1 fully saturated rings. The Morgan fingerprint density at radius 2 is 2.32 bits per heavy atom. The number of nitrogens with zero attached hydrogens (tertiary/aromatic N) is 2. The van der Waals surface area contributed by atoms with Crippen molar-refractivity contribution >= 4 is 10.0 Å². The summed E-state index contributed by atoms with van der Waals surface area (Å²) in [5.74, 6) is 0.980. The molecule has 108 valence electrons. The van der Waals surface area contributed by atoms with Crippen molar-refractivity contribution in [2.75, 3.05) is 20.1 Å². The number of aryl methyl sites for hydroxylation is 1. The van der Waals surface area contributed by atoms with Crippen LogP contribution in [0.1, 0.15) is 25.6 Å². The van der Waals surface area contributed by atoms with Gasteiger partial charge in [-0.2, -0.15) is 4.31 Å². The molecule has 0 bridgehead atoms. The van der Waals surface area contributed by atoms with Crippen molar-refractivity contribution in [3.8, 4) is 0 Å². The lowest BCUT2D eigenvalue weighted by atomic mass is 9.93. The lowest BCUT2D eigenvalue weighted by molar-refractivity contribution is 0.228. The maximum absolute atomic E-state index is 12.5. The largest absolute Gasteiger partial charge is 0.332 e. The van der Waals surface area contributed by atoms with Gasteiger partial charge in [0.25, 0.3) is 10.0 Å². The predicted molar refractivity (Wildman–Crippen MR) is 73.3 cm³/mol. The van der Waals surface area contributed by atoms with E-state index in [4.69, 9.17) is 0 Å². The molecule has 0 saturated carbocycles. The van der Waals surface area contributed by atoms with Crippen molar-refractivity contribution in [3.05, 3.63) is 12.0 Å². The zero-order valence-electron chi connectivity index (χ0n) is 11.7. The van der Waals surface area contributed by atoms with Crippen molar-refractivity contribution in [1.82, 2.24) is 19.6 Å². The lowest BCUT2D eigenvalue weighted by Gasteiger charge is -2.34. The van der Waals surface area contributed by atoms with Crippen molar-refractivity contribution in [1.29, 1.82) is 0 Å². The molecule has 0 aromatic carbocycles. The molecule has 2 atom stereocenters. The van der Waals surface area contributed by atoms with E-state index in [1.54, 1.807) is 11.2 Å². The number of rotatable bonds is 4. The molecular weight excluding hydrogens is 264 g/mol. The SMILES string of the molecule is CNC(C)C1CCCN(S(=O)(=O)c2cnc(C)[nH]2)C1. The minimum absolute atomic E-state index is 0.197. The Morgan fingerprint density at radius 1 is 1.58 bits per heavy atom.